The van der Waals surface area contributed by atoms with E-state index in [1.54, 1.807) is 13.8 Å². The molecule has 0 aliphatic carbocycles. The van der Waals surface area contributed by atoms with Gasteiger partial charge in [0.25, 0.3) is 0 Å². The standard InChI is InChI=1S/C14H17NO5.Na/c1-3-20-12(17)8-9(2)15-13(14(18)19)10-4-6-11(16)7-5-10;/h4-8,13,15-16H,3H2,1-2H3,(H,18,19);/q;+1/p-1/b9-8+;/t13-;/m1./s1. The van der Waals surface area contributed by atoms with Crippen LogP contribution in [0.2, 0.25) is 0 Å². The number of phenolic OH excluding ortho intramolecular Hbond substituents is 1. The van der Waals surface area contributed by atoms with Gasteiger partial charge in [-0.25, -0.2) is 4.79 Å². The molecule has 0 unspecified atom stereocenters. The van der Waals surface area contributed by atoms with Crippen molar-refractivity contribution in [2.45, 2.75) is 19.9 Å². The van der Waals surface area contributed by atoms with E-state index >= 15 is 0 Å². The Balaban J connectivity index is 0.00000400. The number of carbonyl (C=O) groups excluding carboxylic acids is 2. The van der Waals surface area contributed by atoms with E-state index in [0.29, 0.717) is 11.3 Å². The van der Waals surface area contributed by atoms with Crippen molar-refractivity contribution in [1.82, 2.24) is 5.32 Å². The molecule has 0 bridgehead atoms. The maximum atomic E-state index is 11.3. The molecule has 0 radical (unpaired) electrons. The maximum Gasteiger partial charge on any atom is 1.00 e. The fraction of sp³-hybridized carbons (Fsp3) is 0.286. The zero-order valence-corrected chi connectivity index (χ0v) is 14.3. The summed E-state index contributed by atoms with van der Waals surface area (Å²) in [5, 5.41) is 23.0. The van der Waals surface area contributed by atoms with Gasteiger partial charge in [-0.1, -0.05) is 12.1 Å². The normalized spacial score (nSPS) is 12.0. The number of hydrogen-bond donors (Lipinski definition) is 2. The van der Waals surface area contributed by atoms with Crippen molar-refractivity contribution in [2.24, 2.45) is 0 Å². The first-order valence-corrected chi connectivity index (χ1v) is 6.05. The molecule has 1 atom stereocenters. The number of ether oxygens (including phenoxy) is 1. The van der Waals surface area contributed by atoms with E-state index in [-0.39, 0.29) is 41.9 Å². The molecule has 0 aliphatic heterocycles. The number of aromatic hydroxyl groups is 1. The van der Waals surface area contributed by atoms with Gasteiger partial charge in [-0.05, 0) is 31.5 Å². The molecule has 0 amide bonds. The number of aliphatic carboxylic acids is 1. The molecule has 21 heavy (non-hydrogen) atoms. The molecule has 6 nitrogen and oxygen atoms in total. The molecule has 0 spiro atoms. The average Bonchev–Trinajstić information content (AvgIpc) is 2.37. The molecule has 1 aromatic carbocycles. The van der Waals surface area contributed by atoms with Crippen LogP contribution in [0.5, 0.6) is 5.75 Å². The van der Waals surface area contributed by atoms with Crippen LogP contribution in [-0.4, -0.2) is 23.7 Å². The third-order valence-electron chi connectivity index (χ3n) is 2.46. The Bertz CT molecular complexity index is 513. The van der Waals surface area contributed by atoms with Crippen LogP contribution in [0.4, 0.5) is 0 Å². The third kappa shape index (κ3) is 6.66. The van der Waals surface area contributed by atoms with Crippen LogP contribution in [0.15, 0.2) is 36.0 Å². The minimum absolute atomic E-state index is 0. The topological polar surface area (TPSA) is 98.7 Å². The van der Waals surface area contributed by atoms with Crippen molar-refractivity contribution >= 4 is 11.9 Å². The molecule has 2 N–H and O–H groups in total. The second kappa shape index (κ2) is 9.44. The summed E-state index contributed by atoms with van der Waals surface area (Å²) in [6.07, 6.45) is 1.17. The fourth-order valence-electron chi connectivity index (χ4n) is 1.58. The summed E-state index contributed by atoms with van der Waals surface area (Å²) in [6, 6.07) is 4.54. The van der Waals surface area contributed by atoms with E-state index < -0.39 is 18.0 Å². The van der Waals surface area contributed by atoms with E-state index in [2.05, 4.69) is 5.32 Å². The van der Waals surface area contributed by atoms with Gasteiger partial charge in [-0.3, -0.25) is 0 Å². The largest absolute Gasteiger partial charge is 1.00 e. The van der Waals surface area contributed by atoms with Crippen molar-refractivity contribution in [3.05, 3.63) is 41.6 Å². The summed E-state index contributed by atoms with van der Waals surface area (Å²) in [5.41, 5.74) is 0.741. The van der Waals surface area contributed by atoms with Gasteiger partial charge in [0, 0.05) is 11.8 Å². The molecule has 1 rings (SSSR count). The Kier molecular flexibility index (Phi) is 8.76. The van der Waals surface area contributed by atoms with Crippen LogP contribution in [0.1, 0.15) is 25.5 Å². The minimum atomic E-state index is -1.34. The van der Waals surface area contributed by atoms with Gasteiger partial charge in [0.05, 0.1) is 18.6 Å². The molecule has 108 valence electrons. The fourth-order valence-corrected chi connectivity index (χ4v) is 1.58. The summed E-state index contributed by atoms with van der Waals surface area (Å²) >= 11 is 0. The second-order valence-corrected chi connectivity index (χ2v) is 4.07. The van der Waals surface area contributed by atoms with Crippen LogP contribution in [-0.2, 0) is 14.3 Å². The second-order valence-electron chi connectivity index (χ2n) is 4.07. The van der Waals surface area contributed by atoms with Crippen LogP contribution >= 0.6 is 0 Å². The number of phenols is 1. The predicted molar refractivity (Wildman–Crippen MR) is 69.4 cm³/mol. The monoisotopic (exact) mass is 301 g/mol. The van der Waals surface area contributed by atoms with E-state index in [0.717, 1.165) is 0 Å². The van der Waals surface area contributed by atoms with E-state index in [1.165, 1.54) is 30.3 Å². The zero-order chi connectivity index (χ0) is 15.1. The molecule has 0 saturated carbocycles. The van der Waals surface area contributed by atoms with Crippen LogP contribution in [0.25, 0.3) is 0 Å². The summed E-state index contributed by atoms with van der Waals surface area (Å²) in [4.78, 5) is 22.4. The number of nitrogens with one attached hydrogen (secondary N) is 1. The van der Waals surface area contributed by atoms with Crippen LogP contribution < -0.4 is 40.0 Å². The molecular weight excluding hydrogens is 285 g/mol. The maximum absolute atomic E-state index is 11.3. The number of hydrogen-bond acceptors (Lipinski definition) is 6. The quantitative estimate of drug-likeness (QED) is 0.336. The molecule has 1 aromatic rings. The summed E-state index contributed by atoms with van der Waals surface area (Å²) in [6.45, 7) is 3.46. The van der Waals surface area contributed by atoms with Gasteiger partial charge in [0.15, 0.2) is 0 Å². The smallest absolute Gasteiger partial charge is 0.548 e. The summed E-state index contributed by atoms with van der Waals surface area (Å²) in [5.74, 6) is -1.86. The number of esters is 1. The summed E-state index contributed by atoms with van der Waals surface area (Å²) in [7, 11) is 0. The number of benzene rings is 1. The van der Waals surface area contributed by atoms with Crippen LogP contribution in [0, 0.1) is 0 Å². The van der Waals surface area contributed by atoms with Gasteiger partial charge < -0.3 is 25.1 Å². The van der Waals surface area contributed by atoms with Crippen molar-refractivity contribution in [1.29, 1.82) is 0 Å². The average molecular weight is 301 g/mol. The van der Waals surface area contributed by atoms with E-state index in [9.17, 15) is 19.8 Å². The van der Waals surface area contributed by atoms with Gasteiger partial charge in [-0.15, -0.1) is 0 Å². The van der Waals surface area contributed by atoms with Gasteiger partial charge in [-0.2, -0.15) is 0 Å². The first kappa shape index (κ1) is 19.5. The first-order chi connectivity index (χ1) is 9.43. The predicted octanol–water partition coefficient (Wildman–Crippen LogP) is -2.76. The van der Waals surface area contributed by atoms with Crippen molar-refractivity contribution < 1.29 is 54.1 Å². The minimum Gasteiger partial charge on any atom is -0.548 e. The zero-order valence-electron chi connectivity index (χ0n) is 12.3. The van der Waals surface area contributed by atoms with E-state index in [4.69, 9.17) is 4.74 Å². The van der Waals surface area contributed by atoms with Gasteiger partial charge in [0.1, 0.15) is 5.75 Å². The number of allylic oxidation sites excluding steroid dienone is 1. The van der Waals surface area contributed by atoms with Crippen molar-refractivity contribution in [3.63, 3.8) is 0 Å². The molecular formula is C14H16NNaO5. The number of carbonyl (C=O) groups is 2. The van der Waals surface area contributed by atoms with Gasteiger partial charge in [0.2, 0.25) is 0 Å². The molecule has 0 fully saturated rings. The number of carboxylic acids is 1. The van der Waals surface area contributed by atoms with Gasteiger partial charge >= 0.3 is 35.5 Å². The Morgan fingerprint density at radius 1 is 1.38 bits per heavy atom. The SMILES string of the molecule is CCOC(=O)/C=C(\C)N[C@@H](C(=O)[O-])c1ccc(O)cc1.[Na+]. The van der Waals surface area contributed by atoms with Crippen molar-refractivity contribution in [2.75, 3.05) is 6.61 Å². The van der Waals surface area contributed by atoms with Crippen LogP contribution in [0.3, 0.4) is 0 Å². The summed E-state index contributed by atoms with van der Waals surface area (Å²) < 4.78 is 4.72. The number of carboxylic acid groups (broad SMARTS) is 1. The molecule has 0 aliphatic rings. The van der Waals surface area contributed by atoms with Crippen molar-refractivity contribution in [3.8, 4) is 5.75 Å². The Morgan fingerprint density at radius 3 is 2.43 bits per heavy atom. The molecule has 0 heterocycles. The number of rotatable bonds is 6. The molecule has 0 saturated heterocycles. The Labute approximate surface area is 145 Å². The Hall–Kier alpha value is -1.50. The van der Waals surface area contributed by atoms with E-state index in [1.807, 2.05) is 0 Å². The Morgan fingerprint density at radius 2 is 1.95 bits per heavy atom. The first-order valence-electron chi connectivity index (χ1n) is 6.05. The molecule has 7 heteroatoms. The third-order valence-corrected chi connectivity index (χ3v) is 2.46. The molecule has 0 aromatic heterocycles.